The molecule has 0 aliphatic rings. The summed E-state index contributed by atoms with van der Waals surface area (Å²) < 4.78 is 0. The van der Waals surface area contributed by atoms with Crippen molar-refractivity contribution in [3.8, 4) is 5.75 Å². The number of halogens is 1. The van der Waals surface area contributed by atoms with Gasteiger partial charge >= 0.3 is 0 Å². The highest BCUT2D eigenvalue weighted by Crippen LogP contribution is 2.36. The summed E-state index contributed by atoms with van der Waals surface area (Å²) in [6, 6.07) is 1.72. The van der Waals surface area contributed by atoms with Crippen molar-refractivity contribution in [3.05, 3.63) is 27.8 Å². The van der Waals surface area contributed by atoms with Gasteiger partial charge in [0.05, 0.1) is 0 Å². The Kier molecular flexibility index (Phi) is 4.00. The first kappa shape index (κ1) is 12.3. The zero-order chi connectivity index (χ0) is 11.6. The number of rotatable bonds is 3. The minimum absolute atomic E-state index is 0.244. The predicted octanol–water partition coefficient (Wildman–Crippen LogP) is 3.11. The van der Waals surface area contributed by atoms with Gasteiger partial charge in [-0.25, -0.2) is 0 Å². The van der Waals surface area contributed by atoms with Crippen LogP contribution in [0.5, 0.6) is 5.75 Å². The molecule has 2 nitrogen and oxygen atoms in total. The molecule has 1 atom stereocenters. The predicted molar refractivity (Wildman–Crippen MR) is 64.7 cm³/mol. The standard InChI is InChI=1S/C12H18ClNO/c1-7(4-5-14)11-9(3)12(13)8(2)6-10(11)15/h6-7,15H,4-5,14H2,1-3H3. The molecule has 1 rings (SSSR count). The Labute approximate surface area is 96.1 Å². The van der Waals surface area contributed by atoms with Crippen molar-refractivity contribution in [2.45, 2.75) is 33.1 Å². The minimum Gasteiger partial charge on any atom is -0.508 e. The van der Waals surface area contributed by atoms with E-state index in [1.54, 1.807) is 6.07 Å². The molecule has 3 heteroatoms. The second-order valence-corrected chi connectivity index (χ2v) is 4.42. The molecule has 1 aromatic rings. The molecule has 0 saturated carbocycles. The third-order valence-electron chi connectivity index (χ3n) is 2.80. The maximum absolute atomic E-state index is 9.89. The highest BCUT2D eigenvalue weighted by Gasteiger charge is 2.16. The Morgan fingerprint density at radius 1 is 1.47 bits per heavy atom. The fourth-order valence-electron chi connectivity index (χ4n) is 1.97. The van der Waals surface area contributed by atoms with Crippen LogP contribution in [-0.2, 0) is 0 Å². The van der Waals surface area contributed by atoms with Crippen molar-refractivity contribution < 1.29 is 5.11 Å². The van der Waals surface area contributed by atoms with E-state index in [1.807, 2.05) is 13.8 Å². The number of nitrogens with two attached hydrogens (primary N) is 1. The van der Waals surface area contributed by atoms with Gasteiger partial charge in [0.2, 0.25) is 0 Å². The van der Waals surface area contributed by atoms with Crippen LogP contribution in [0.1, 0.15) is 36.0 Å². The summed E-state index contributed by atoms with van der Waals surface area (Å²) in [6.07, 6.45) is 0.855. The molecular formula is C12H18ClNO. The summed E-state index contributed by atoms with van der Waals surface area (Å²) >= 11 is 6.16. The van der Waals surface area contributed by atoms with Crippen molar-refractivity contribution in [1.82, 2.24) is 0 Å². The van der Waals surface area contributed by atoms with Crippen molar-refractivity contribution in [1.29, 1.82) is 0 Å². The topological polar surface area (TPSA) is 46.2 Å². The van der Waals surface area contributed by atoms with Gasteiger partial charge in [-0.15, -0.1) is 0 Å². The van der Waals surface area contributed by atoms with Crippen molar-refractivity contribution in [2.24, 2.45) is 5.73 Å². The lowest BCUT2D eigenvalue weighted by Gasteiger charge is -2.17. The molecule has 0 bridgehead atoms. The van der Waals surface area contributed by atoms with Crippen molar-refractivity contribution >= 4 is 11.6 Å². The Hall–Kier alpha value is -0.730. The van der Waals surface area contributed by atoms with Crippen LogP contribution in [0.4, 0.5) is 0 Å². The van der Waals surface area contributed by atoms with E-state index in [0.29, 0.717) is 12.3 Å². The molecule has 0 fully saturated rings. The zero-order valence-corrected chi connectivity index (χ0v) is 10.2. The van der Waals surface area contributed by atoms with Gasteiger partial charge in [-0.1, -0.05) is 18.5 Å². The lowest BCUT2D eigenvalue weighted by molar-refractivity contribution is 0.459. The molecule has 0 aliphatic carbocycles. The molecule has 0 heterocycles. The first-order valence-corrected chi connectivity index (χ1v) is 5.55. The lowest BCUT2D eigenvalue weighted by atomic mass is 9.91. The molecule has 1 unspecified atom stereocenters. The molecular weight excluding hydrogens is 210 g/mol. The third kappa shape index (κ3) is 2.44. The number of hydrogen-bond donors (Lipinski definition) is 2. The van der Waals surface area contributed by atoms with E-state index in [2.05, 4.69) is 6.92 Å². The Balaban J connectivity index is 3.23. The van der Waals surface area contributed by atoms with E-state index in [0.717, 1.165) is 28.1 Å². The molecule has 15 heavy (non-hydrogen) atoms. The van der Waals surface area contributed by atoms with Gasteiger partial charge in [0.25, 0.3) is 0 Å². The van der Waals surface area contributed by atoms with Gasteiger partial charge in [0.1, 0.15) is 5.75 Å². The van der Waals surface area contributed by atoms with Gasteiger partial charge in [0, 0.05) is 10.6 Å². The maximum atomic E-state index is 9.89. The number of phenolic OH excluding ortho intramolecular Hbond substituents is 1. The lowest BCUT2D eigenvalue weighted by Crippen LogP contribution is -2.06. The largest absolute Gasteiger partial charge is 0.508 e. The summed E-state index contributed by atoms with van der Waals surface area (Å²) in [6.45, 7) is 6.51. The fraction of sp³-hybridized carbons (Fsp3) is 0.500. The zero-order valence-electron chi connectivity index (χ0n) is 9.47. The second-order valence-electron chi connectivity index (χ2n) is 4.04. The van der Waals surface area contributed by atoms with E-state index in [-0.39, 0.29) is 5.92 Å². The second kappa shape index (κ2) is 4.86. The van der Waals surface area contributed by atoms with Gasteiger partial charge in [-0.2, -0.15) is 0 Å². The van der Waals surface area contributed by atoms with Crippen LogP contribution >= 0.6 is 11.6 Å². The third-order valence-corrected chi connectivity index (χ3v) is 3.38. The van der Waals surface area contributed by atoms with Gasteiger partial charge in [-0.3, -0.25) is 0 Å². The van der Waals surface area contributed by atoms with Crippen LogP contribution in [0.15, 0.2) is 6.07 Å². The molecule has 3 N–H and O–H groups in total. The van der Waals surface area contributed by atoms with E-state index in [1.165, 1.54) is 0 Å². The Morgan fingerprint density at radius 2 is 2.07 bits per heavy atom. The highest BCUT2D eigenvalue weighted by molar-refractivity contribution is 6.32. The normalized spacial score (nSPS) is 12.9. The minimum atomic E-state index is 0.244. The summed E-state index contributed by atoms with van der Waals surface area (Å²) in [5.41, 5.74) is 8.33. The number of benzene rings is 1. The summed E-state index contributed by atoms with van der Waals surface area (Å²) in [5.74, 6) is 0.573. The van der Waals surface area contributed by atoms with Gasteiger partial charge in [0.15, 0.2) is 0 Å². The number of aromatic hydroxyl groups is 1. The molecule has 0 amide bonds. The molecule has 0 saturated heterocycles. The van der Waals surface area contributed by atoms with Crippen molar-refractivity contribution in [3.63, 3.8) is 0 Å². The van der Waals surface area contributed by atoms with Crippen LogP contribution in [0.25, 0.3) is 0 Å². The summed E-state index contributed by atoms with van der Waals surface area (Å²) in [7, 11) is 0. The summed E-state index contributed by atoms with van der Waals surface area (Å²) in [4.78, 5) is 0. The van der Waals surface area contributed by atoms with E-state index in [4.69, 9.17) is 17.3 Å². The SMILES string of the molecule is Cc1cc(O)c(C(C)CCN)c(C)c1Cl. The summed E-state index contributed by atoms with van der Waals surface area (Å²) in [5, 5.41) is 10.6. The highest BCUT2D eigenvalue weighted by atomic mass is 35.5. The Morgan fingerprint density at radius 3 is 2.60 bits per heavy atom. The fourth-order valence-corrected chi connectivity index (χ4v) is 2.13. The van der Waals surface area contributed by atoms with Crippen LogP contribution < -0.4 is 5.73 Å². The maximum Gasteiger partial charge on any atom is 0.119 e. The quantitative estimate of drug-likeness (QED) is 0.834. The van der Waals surface area contributed by atoms with Crippen LogP contribution in [-0.4, -0.2) is 11.7 Å². The molecule has 0 aromatic heterocycles. The average molecular weight is 228 g/mol. The van der Waals surface area contributed by atoms with Gasteiger partial charge < -0.3 is 10.8 Å². The molecule has 0 spiro atoms. The molecule has 1 aromatic carbocycles. The molecule has 84 valence electrons. The van der Waals surface area contributed by atoms with Crippen LogP contribution in [0.3, 0.4) is 0 Å². The van der Waals surface area contributed by atoms with Gasteiger partial charge in [-0.05, 0) is 49.9 Å². The molecule has 0 aliphatic heterocycles. The Bertz CT molecular complexity index is 363. The number of phenols is 1. The molecule has 0 radical (unpaired) electrons. The van der Waals surface area contributed by atoms with Crippen molar-refractivity contribution in [2.75, 3.05) is 6.54 Å². The van der Waals surface area contributed by atoms with E-state index in [9.17, 15) is 5.11 Å². The first-order valence-electron chi connectivity index (χ1n) is 5.17. The number of hydrogen-bond acceptors (Lipinski definition) is 2. The first-order chi connectivity index (χ1) is 6.99. The number of aryl methyl sites for hydroxylation is 1. The average Bonchev–Trinajstić information content (AvgIpc) is 2.15. The van der Waals surface area contributed by atoms with E-state index < -0.39 is 0 Å². The van der Waals surface area contributed by atoms with Crippen LogP contribution in [0, 0.1) is 13.8 Å². The van der Waals surface area contributed by atoms with E-state index >= 15 is 0 Å². The smallest absolute Gasteiger partial charge is 0.119 e. The van der Waals surface area contributed by atoms with Crippen LogP contribution in [0.2, 0.25) is 5.02 Å². The monoisotopic (exact) mass is 227 g/mol.